The third-order valence-electron chi connectivity index (χ3n) is 4.18. The normalized spacial score (nSPS) is 12.4. The summed E-state index contributed by atoms with van der Waals surface area (Å²) in [6, 6.07) is 14.7. The van der Waals surface area contributed by atoms with Crippen molar-refractivity contribution in [1.82, 2.24) is 0 Å². The van der Waals surface area contributed by atoms with E-state index in [0.29, 0.717) is 5.92 Å². The van der Waals surface area contributed by atoms with Crippen LogP contribution in [0.4, 0.5) is 0 Å². The largest absolute Gasteiger partial charge is 0.491 e. The molecule has 1 N–H and O–H groups in total. The Morgan fingerprint density at radius 2 is 1.74 bits per heavy atom. The van der Waals surface area contributed by atoms with Crippen LogP contribution < -0.4 is 4.74 Å². The molecular formula is C21H28O2. The lowest BCUT2D eigenvalue weighted by Crippen LogP contribution is -2.10. The van der Waals surface area contributed by atoms with Gasteiger partial charge in [0.25, 0.3) is 0 Å². The quantitative estimate of drug-likeness (QED) is 0.790. The number of benzene rings is 2. The van der Waals surface area contributed by atoms with Gasteiger partial charge >= 0.3 is 0 Å². The van der Waals surface area contributed by atoms with Crippen molar-refractivity contribution in [3.8, 4) is 5.75 Å². The lowest BCUT2D eigenvalue weighted by molar-refractivity contribution is 0.239. The van der Waals surface area contributed by atoms with Crippen molar-refractivity contribution in [1.29, 1.82) is 0 Å². The van der Waals surface area contributed by atoms with Crippen molar-refractivity contribution in [3.05, 3.63) is 64.7 Å². The number of aliphatic hydroxyl groups is 1. The van der Waals surface area contributed by atoms with E-state index in [-0.39, 0.29) is 12.7 Å². The SMILES string of the molecule is CCc1ccc(CC(C)c2ccccc2CO)c(OC(C)C)c1. The summed E-state index contributed by atoms with van der Waals surface area (Å²) >= 11 is 0. The third kappa shape index (κ3) is 4.59. The predicted molar refractivity (Wildman–Crippen MR) is 96.1 cm³/mol. The van der Waals surface area contributed by atoms with E-state index in [9.17, 15) is 5.11 Å². The molecule has 1 atom stereocenters. The van der Waals surface area contributed by atoms with E-state index < -0.39 is 0 Å². The molecule has 2 aromatic carbocycles. The Morgan fingerprint density at radius 3 is 2.39 bits per heavy atom. The summed E-state index contributed by atoms with van der Waals surface area (Å²) in [5, 5.41) is 9.55. The van der Waals surface area contributed by atoms with Crippen LogP contribution >= 0.6 is 0 Å². The molecule has 2 aromatic rings. The zero-order valence-corrected chi connectivity index (χ0v) is 14.7. The van der Waals surface area contributed by atoms with Gasteiger partial charge in [0.2, 0.25) is 0 Å². The summed E-state index contributed by atoms with van der Waals surface area (Å²) in [6.07, 6.45) is 2.08. The van der Waals surface area contributed by atoms with Crippen LogP contribution in [-0.4, -0.2) is 11.2 Å². The first kappa shape index (κ1) is 17.6. The van der Waals surface area contributed by atoms with Gasteiger partial charge in [-0.3, -0.25) is 0 Å². The first-order valence-electron chi connectivity index (χ1n) is 8.52. The Balaban J connectivity index is 2.27. The molecule has 1 unspecified atom stereocenters. The second-order valence-corrected chi connectivity index (χ2v) is 6.42. The number of aliphatic hydroxyl groups excluding tert-OH is 1. The molecule has 0 fully saturated rings. The van der Waals surface area contributed by atoms with E-state index in [1.807, 2.05) is 18.2 Å². The molecule has 0 radical (unpaired) electrons. The lowest BCUT2D eigenvalue weighted by Gasteiger charge is -2.20. The van der Waals surface area contributed by atoms with Gasteiger partial charge in [-0.1, -0.05) is 50.2 Å². The fourth-order valence-electron chi connectivity index (χ4n) is 2.95. The molecule has 0 heterocycles. The van der Waals surface area contributed by atoms with Crippen LogP contribution in [0.25, 0.3) is 0 Å². The van der Waals surface area contributed by atoms with E-state index >= 15 is 0 Å². The van der Waals surface area contributed by atoms with Gasteiger partial charge < -0.3 is 9.84 Å². The van der Waals surface area contributed by atoms with Crippen molar-refractivity contribution in [2.45, 2.75) is 59.2 Å². The maximum atomic E-state index is 9.55. The zero-order valence-electron chi connectivity index (χ0n) is 14.7. The molecule has 0 aliphatic heterocycles. The zero-order chi connectivity index (χ0) is 16.8. The van der Waals surface area contributed by atoms with Crippen LogP contribution in [0.3, 0.4) is 0 Å². The van der Waals surface area contributed by atoms with Crippen LogP contribution in [0.2, 0.25) is 0 Å². The van der Waals surface area contributed by atoms with Crippen molar-refractivity contribution < 1.29 is 9.84 Å². The maximum absolute atomic E-state index is 9.55. The molecule has 23 heavy (non-hydrogen) atoms. The summed E-state index contributed by atoms with van der Waals surface area (Å²) in [6.45, 7) is 8.58. The topological polar surface area (TPSA) is 29.5 Å². The molecule has 0 amide bonds. The maximum Gasteiger partial charge on any atom is 0.123 e. The molecule has 0 spiro atoms. The molecule has 0 saturated carbocycles. The summed E-state index contributed by atoms with van der Waals surface area (Å²) in [4.78, 5) is 0. The van der Waals surface area contributed by atoms with Crippen molar-refractivity contribution in [3.63, 3.8) is 0 Å². The monoisotopic (exact) mass is 312 g/mol. The van der Waals surface area contributed by atoms with Gasteiger partial charge in [0.1, 0.15) is 5.75 Å². The Hall–Kier alpha value is -1.80. The van der Waals surface area contributed by atoms with Crippen LogP contribution in [0.5, 0.6) is 5.75 Å². The third-order valence-corrected chi connectivity index (χ3v) is 4.18. The average Bonchev–Trinajstić information content (AvgIpc) is 2.55. The molecule has 2 nitrogen and oxygen atoms in total. The van der Waals surface area contributed by atoms with Crippen molar-refractivity contribution >= 4 is 0 Å². The van der Waals surface area contributed by atoms with Crippen LogP contribution in [0.1, 0.15) is 55.9 Å². The molecule has 0 aliphatic rings. The number of hydrogen-bond acceptors (Lipinski definition) is 2. The highest BCUT2D eigenvalue weighted by molar-refractivity contribution is 5.40. The summed E-state index contributed by atoms with van der Waals surface area (Å²) in [5.74, 6) is 1.33. The highest BCUT2D eigenvalue weighted by Gasteiger charge is 2.14. The highest BCUT2D eigenvalue weighted by Crippen LogP contribution is 2.30. The standard InChI is InChI=1S/C21H28O2/c1-5-17-10-11-18(21(13-17)23-15(2)3)12-16(4)20-9-7-6-8-19(20)14-22/h6-11,13,15-16,22H,5,12,14H2,1-4H3. The van der Waals surface area contributed by atoms with Crippen LogP contribution in [-0.2, 0) is 19.4 Å². The molecule has 2 heteroatoms. The molecule has 124 valence electrons. The Labute approximate surface area is 140 Å². The minimum Gasteiger partial charge on any atom is -0.491 e. The van der Waals surface area contributed by atoms with Crippen molar-refractivity contribution in [2.24, 2.45) is 0 Å². The van der Waals surface area contributed by atoms with Crippen molar-refractivity contribution in [2.75, 3.05) is 0 Å². The molecule has 0 aromatic heterocycles. The van der Waals surface area contributed by atoms with E-state index in [1.165, 1.54) is 16.7 Å². The minimum atomic E-state index is 0.0879. The second-order valence-electron chi connectivity index (χ2n) is 6.42. The number of rotatable bonds is 7. The fourth-order valence-corrected chi connectivity index (χ4v) is 2.95. The summed E-state index contributed by atoms with van der Waals surface area (Å²) in [5.41, 5.74) is 4.76. The van der Waals surface area contributed by atoms with Gasteiger partial charge in [-0.2, -0.15) is 0 Å². The van der Waals surface area contributed by atoms with E-state index in [2.05, 4.69) is 52.0 Å². The fraction of sp³-hybridized carbons (Fsp3) is 0.429. The summed E-state index contributed by atoms with van der Waals surface area (Å²) in [7, 11) is 0. The highest BCUT2D eigenvalue weighted by atomic mass is 16.5. The van der Waals surface area contributed by atoms with Crippen LogP contribution in [0, 0.1) is 0 Å². The van der Waals surface area contributed by atoms with Gasteiger partial charge in [0.15, 0.2) is 0 Å². The van der Waals surface area contributed by atoms with Crippen LogP contribution in [0.15, 0.2) is 42.5 Å². The minimum absolute atomic E-state index is 0.0879. The van der Waals surface area contributed by atoms with Gasteiger partial charge in [-0.25, -0.2) is 0 Å². The lowest BCUT2D eigenvalue weighted by atomic mass is 9.89. The van der Waals surface area contributed by atoms with Gasteiger partial charge in [0.05, 0.1) is 12.7 Å². The molecule has 2 rings (SSSR count). The van der Waals surface area contributed by atoms with Gasteiger partial charge in [-0.15, -0.1) is 0 Å². The van der Waals surface area contributed by atoms with Gasteiger partial charge in [0, 0.05) is 0 Å². The Kier molecular flexibility index (Phi) is 6.23. The average molecular weight is 312 g/mol. The smallest absolute Gasteiger partial charge is 0.123 e. The molecule has 0 aliphatic carbocycles. The predicted octanol–water partition coefficient (Wildman–Crippen LogP) is 4.87. The summed E-state index contributed by atoms with van der Waals surface area (Å²) < 4.78 is 6.03. The number of hydrogen-bond donors (Lipinski definition) is 1. The molecule has 0 bridgehead atoms. The van der Waals surface area contributed by atoms with Gasteiger partial charge in [-0.05, 0) is 60.9 Å². The Morgan fingerprint density at radius 1 is 1.00 bits per heavy atom. The molecular weight excluding hydrogens is 284 g/mol. The first-order valence-corrected chi connectivity index (χ1v) is 8.52. The second kappa shape index (κ2) is 8.16. The molecule has 0 saturated heterocycles. The van der Waals surface area contributed by atoms with E-state index in [1.54, 1.807) is 0 Å². The van der Waals surface area contributed by atoms with E-state index in [4.69, 9.17) is 4.74 Å². The number of ether oxygens (including phenoxy) is 1. The number of aryl methyl sites for hydroxylation is 1. The van der Waals surface area contributed by atoms with E-state index in [0.717, 1.165) is 24.2 Å². The first-order chi connectivity index (χ1) is 11.0. The Bertz CT molecular complexity index is 631.